The molecular weight excluding hydrogens is 525 g/mol. The second-order valence-corrected chi connectivity index (χ2v) is 9.34. The number of aryl methyl sites for hydroxylation is 2. The van der Waals surface area contributed by atoms with Crippen LogP contribution in [0.3, 0.4) is 0 Å². The number of hydrogen-bond donors (Lipinski definition) is 1. The molecule has 0 saturated carbocycles. The Morgan fingerprint density at radius 3 is 2.93 bits per heavy atom. The summed E-state index contributed by atoms with van der Waals surface area (Å²) >= 11 is 3.71. The highest BCUT2D eigenvalue weighted by Gasteiger charge is 2.21. The Bertz CT molecular complexity index is 1060. The number of nitrogens with one attached hydrogen (secondary N) is 1. The van der Waals surface area contributed by atoms with Gasteiger partial charge in [-0.3, -0.25) is 4.98 Å². The molecule has 28 heavy (non-hydrogen) atoms. The highest BCUT2D eigenvalue weighted by molar-refractivity contribution is 14.2. The van der Waals surface area contributed by atoms with E-state index in [1.54, 1.807) is 4.68 Å². The van der Waals surface area contributed by atoms with Crippen LogP contribution in [0.4, 0.5) is 0 Å². The van der Waals surface area contributed by atoms with E-state index in [2.05, 4.69) is 57.2 Å². The smallest absolute Gasteiger partial charge is 0.221 e. The van der Waals surface area contributed by atoms with Crippen molar-refractivity contribution in [2.75, 3.05) is 13.6 Å². The highest BCUT2D eigenvalue weighted by Crippen LogP contribution is 2.36. The van der Waals surface area contributed by atoms with Crippen molar-refractivity contribution in [2.45, 2.75) is 20.0 Å². The minimum atomic E-state index is 0.00533. The molecule has 0 amide bonds. The van der Waals surface area contributed by atoms with Crippen LogP contribution >= 0.6 is 48.2 Å². The van der Waals surface area contributed by atoms with Crippen LogP contribution in [0.2, 0.25) is 0 Å². The molecule has 7 nitrogen and oxygen atoms in total. The first-order chi connectivity index (χ1) is 13.5. The molecule has 0 aliphatic carbocycles. The molecular formula is C17H21IN6OP2S. The summed E-state index contributed by atoms with van der Waals surface area (Å²) in [6.07, 6.45) is 2.34. The number of hydrogen-bond acceptors (Lipinski definition) is 6. The quantitative estimate of drug-likeness (QED) is 0.289. The zero-order chi connectivity index (χ0) is 20.3. The number of likely N-dealkylation sites (N-methyl/N-ethyl adjacent to an activating group) is 1. The van der Waals surface area contributed by atoms with Gasteiger partial charge in [0.1, 0.15) is 11.8 Å². The zero-order valence-electron chi connectivity index (χ0n) is 15.9. The molecule has 0 radical (unpaired) electrons. The molecule has 0 bridgehead atoms. The molecule has 3 aromatic rings. The van der Waals surface area contributed by atoms with Crippen LogP contribution in [-0.4, -0.2) is 44.0 Å². The van der Waals surface area contributed by atoms with Crippen LogP contribution in [0.25, 0.3) is 22.2 Å². The van der Waals surface area contributed by atoms with Crippen molar-refractivity contribution in [3.05, 3.63) is 23.7 Å². The minimum Gasteiger partial charge on any atom is -0.473 e. The standard InChI is InChI=1S/C17H21IN6OP2S/c1-10(8-19-3)25-17-16(11(2)21-23(17)4)14-7-12-13(5-6-28-26)22-24(27-18)15(12)9-20-14/h7,9-10,19,27H,8,26H2,1-4H3. The topological polar surface area (TPSA) is 69.8 Å². The summed E-state index contributed by atoms with van der Waals surface area (Å²) in [7, 11) is 6.33. The van der Waals surface area contributed by atoms with E-state index in [0.717, 1.165) is 40.1 Å². The third kappa shape index (κ3) is 4.47. The molecule has 3 unspecified atom stereocenters. The van der Waals surface area contributed by atoms with Gasteiger partial charge in [-0.15, -0.1) is 0 Å². The fourth-order valence-electron chi connectivity index (χ4n) is 2.97. The monoisotopic (exact) mass is 546 g/mol. The lowest BCUT2D eigenvalue weighted by Crippen LogP contribution is -2.27. The summed E-state index contributed by atoms with van der Waals surface area (Å²) in [5, 5.41) is 16.3. The van der Waals surface area contributed by atoms with Gasteiger partial charge in [-0.25, -0.2) is 9.13 Å². The largest absolute Gasteiger partial charge is 0.473 e. The molecule has 0 aromatic carbocycles. The van der Waals surface area contributed by atoms with E-state index in [0.29, 0.717) is 12.3 Å². The molecule has 0 aliphatic rings. The maximum Gasteiger partial charge on any atom is 0.221 e. The molecule has 1 N–H and O–H groups in total. The Labute approximate surface area is 185 Å². The maximum atomic E-state index is 6.17. The van der Waals surface area contributed by atoms with Crippen molar-refractivity contribution in [1.82, 2.24) is 29.6 Å². The minimum absolute atomic E-state index is 0.00533. The maximum absolute atomic E-state index is 6.17. The number of nitrogens with zero attached hydrogens (tertiary/aromatic N) is 5. The number of fused-ring (bicyclic) bond motifs is 1. The van der Waals surface area contributed by atoms with E-state index in [1.807, 2.05) is 44.7 Å². The SMILES string of the molecule is CNCC(C)Oc1c(-c2cc3c(C#CSP)nn(PI)c3cn2)c(C)nn1C. The average Bonchev–Trinajstić information content (AvgIpc) is 3.16. The van der Waals surface area contributed by atoms with E-state index >= 15 is 0 Å². The van der Waals surface area contributed by atoms with Gasteiger partial charge in [0, 0.05) is 19.0 Å². The van der Waals surface area contributed by atoms with Crippen molar-refractivity contribution in [3.63, 3.8) is 0 Å². The van der Waals surface area contributed by atoms with Crippen molar-refractivity contribution < 1.29 is 4.74 Å². The second kappa shape index (κ2) is 9.73. The fourth-order valence-corrected chi connectivity index (χ4v) is 4.82. The summed E-state index contributed by atoms with van der Waals surface area (Å²) in [5.74, 6) is 3.84. The zero-order valence-corrected chi connectivity index (χ0v) is 21.1. The summed E-state index contributed by atoms with van der Waals surface area (Å²) < 4.78 is 9.87. The van der Waals surface area contributed by atoms with Crippen LogP contribution in [-0.2, 0) is 7.05 Å². The highest BCUT2D eigenvalue weighted by atomic mass is 127. The molecule has 0 fully saturated rings. The lowest BCUT2D eigenvalue weighted by atomic mass is 10.1. The Morgan fingerprint density at radius 2 is 2.25 bits per heavy atom. The van der Waals surface area contributed by atoms with Crippen molar-refractivity contribution in [3.8, 4) is 28.3 Å². The predicted molar refractivity (Wildman–Crippen MR) is 130 cm³/mol. The van der Waals surface area contributed by atoms with Gasteiger partial charge in [0.05, 0.1) is 35.0 Å². The van der Waals surface area contributed by atoms with Crippen molar-refractivity contribution in [1.29, 1.82) is 0 Å². The number of rotatable bonds is 6. The van der Waals surface area contributed by atoms with Crippen LogP contribution < -0.4 is 10.1 Å². The van der Waals surface area contributed by atoms with Gasteiger partial charge in [-0.2, -0.15) is 10.2 Å². The number of aromatic nitrogens is 5. The molecule has 148 valence electrons. The molecule has 0 aliphatic heterocycles. The van der Waals surface area contributed by atoms with Crippen LogP contribution in [0.5, 0.6) is 5.88 Å². The molecule has 0 saturated heterocycles. The van der Waals surface area contributed by atoms with Gasteiger partial charge in [0.25, 0.3) is 0 Å². The summed E-state index contributed by atoms with van der Waals surface area (Å²) in [6, 6.07) is 2.03. The average molecular weight is 546 g/mol. The number of ether oxygens (including phenoxy) is 1. The van der Waals surface area contributed by atoms with Crippen molar-refractivity contribution in [2.24, 2.45) is 7.05 Å². The van der Waals surface area contributed by atoms with Gasteiger partial charge in [0.15, 0.2) is 0 Å². The Kier molecular flexibility index (Phi) is 7.57. The van der Waals surface area contributed by atoms with E-state index in [9.17, 15) is 0 Å². The number of halogens is 1. The van der Waals surface area contributed by atoms with E-state index < -0.39 is 0 Å². The second-order valence-electron chi connectivity index (χ2n) is 6.15. The summed E-state index contributed by atoms with van der Waals surface area (Å²) in [5.41, 5.74) is 4.31. The molecule has 3 heterocycles. The Hall–Kier alpha value is -0.910. The van der Waals surface area contributed by atoms with Crippen molar-refractivity contribution >= 4 is 59.1 Å². The third-order valence-corrected chi connectivity index (χ3v) is 6.55. The molecule has 3 aromatic heterocycles. The van der Waals surface area contributed by atoms with Gasteiger partial charge in [-0.05, 0) is 60.2 Å². The number of pyridine rings is 1. The molecule has 0 spiro atoms. The Balaban J connectivity index is 2.14. The lowest BCUT2D eigenvalue weighted by Gasteiger charge is -2.15. The first kappa shape index (κ1) is 21.8. The van der Waals surface area contributed by atoms with E-state index in [-0.39, 0.29) is 6.10 Å². The normalized spacial score (nSPS) is 12.5. The predicted octanol–water partition coefficient (Wildman–Crippen LogP) is 3.75. The Morgan fingerprint density at radius 1 is 1.46 bits per heavy atom. The van der Waals surface area contributed by atoms with Crippen LogP contribution in [0.15, 0.2) is 12.3 Å². The van der Waals surface area contributed by atoms with Crippen LogP contribution in [0.1, 0.15) is 18.3 Å². The molecule has 3 atom stereocenters. The summed E-state index contributed by atoms with van der Waals surface area (Å²) in [4.78, 5) is 4.70. The third-order valence-electron chi connectivity index (χ3n) is 4.10. The van der Waals surface area contributed by atoms with E-state index in [1.165, 1.54) is 11.4 Å². The summed E-state index contributed by atoms with van der Waals surface area (Å²) in [6.45, 7) is 4.74. The van der Waals surface area contributed by atoms with E-state index in [4.69, 9.17) is 9.72 Å². The first-order valence-corrected chi connectivity index (χ1v) is 14.8. The van der Waals surface area contributed by atoms with Crippen LogP contribution in [0, 0.1) is 18.1 Å². The van der Waals surface area contributed by atoms with Gasteiger partial charge in [0.2, 0.25) is 5.88 Å². The van der Waals surface area contributed by atoms with Gasteiger partial charge >= 0.3 is 0 Å². The fraction of sp³-hybridized carbons (Fsp3) is 0.353. The molecule has 11 heteroatoms. The first-order valence-electron chi connectivity index (χ1n) is 8.47. The van der Waals surface area contributed by atoms with Gasteiger partial charge in [-0.1, -0.05) is 19.8 Å². The van der Waals surface area contributed by atoms with Gasteiger partial charge < -0.3 is 10.1 Å². The molecule has 3 rings (SSSR count). The lowest BCUT2D eigenvalue weighted by molar-refractivity contribution is 0.203.